The van der Waals surface area contributed by atoms with Crippen LogP contribution in [0, 0.1) is 6.92 Å². The predicted octanol–water partition coefficient (Wildman–Crippen LogP) is 5.53. The highest BCUT2D eigenvalue weighted by molar-refractivity contribution is 7.92. The second kappa shape index (κ2) is 9.78. The molecule has 0 bridgehead atoms. The highest BCUT2D eigenvalue weighted by Gasteiger charge is 2.34. The van der Waals surface area contributed by atoms with E-state index in [9.17, 15) is 21.6 Å². The van der Waals surface area contributed by atoms with Crippen molar-refractivity contribution in [3.05, 3.63) is 82.4 Å². The first-order valence-corrected chi connectivity index (χ1v) is 12.4. The molecule has 4 rings (SSSR count). The SMILES string of the molecule is CCO/N=C(/c1ncc(Cl)cc1NS(=O)(=O)c1ccc(C)c(C(F)(F)F)c1)c1ccnc2[nH]ccc12. The zero-order chi connectivity index (χ0) is 26.1. The number of anilines is 1. The molecule has 0 atom stereocenters. The number of fused-ring (bicyclic) bond motifs is 1. The summed E-state index contributed by atoms with van der Waals surface area (Å²) in [5, 5.41) is 4.90. The summed E-state index contributed by atoms with van der Waals surface area (Å²) in [6.45, 7) is 3.18. The summed E-state index contributed by atoms with van der Waals surface area (Å²) < 4.78 is 68.8. The summed E-state index contributed by atoms with van der Waals surface area (Å²) >= 11 is 6.10. The number of rotatable bonds is 7. The average Bonchev–Trinajstić information content (AvgIpc) is 3.29. The third-order valence-corrected chi connectivity index (χ3v) is 6.72. The molecule has 0 fully saturated rings. The summed E-state index contributed by atoms with van der Waals surface area (Å²) in [5.41, 5.74) is 0.0275. The Labute approximate surface area is 209 Å². The average molecular weight is 538 g/mol. The zero-order valence-corrected chi connectivity index (χ0v) is 20.5. The van der Waals surface area contributed by atoms with Crippen molar-refractivity contribution in [2.45, 2.75) is 24.9 Å². The summed E-state index contributed by atoms with van der Waals surface area (Å²) in [4.78, 5) is 16.2. The molecule has 8 nitrogen and oxygen atoms in total. The van der Waals surface area contributed by atoms with Gasteiger partial charge in [-0.1, -0.05) is 22.8 Å². The Bertz CT molecular complexity index is 1570. The molecule has 0 spiro atoms. The van der Waals surface area contributed by atoms with E-state index in [2.05, 4.69) is 24.8 Å². The largest absolute Gasteiger partial charge is 0.416 e. The number of nitrogens with zero attached hydrogens (tertiary/aromatic N) is 3. The van der Waals surface area contributed by atoms with E-state index < -0.39 is 26.7 Å². The van der Waals surface area contributed by atoms with Crippen molar-refractivity contribution in [2.75, 3.05) is 11.3 Å². The van der Waals surface area contributed by atoms with E-state index in [1.54, 1.807) is 25.3 Å². The fraction of sp³-hybridized carbons (Fsp3) is 0.174. The molecule has 0 amide bonds. The topological polar surface area (TPSA) is 109 Å². The molecule has 0 saturated carbocycles. The molecule has 0 aliphatic carbocycles. The Balaban J connectivity index is 1.84. The van der Waals surface area contributed by atoms with Crippen LogP contribution in [0.15, 0.2) is 65.0 Å². The Morgan fingerprint density at radius 3 is 2.69 bits per heavy atom. The van der Waals surface area contributed by atoms with E-state index in [1.165, 1.54) is 25.4 Å². The monoisotopic (exact) mass is 537 g/mol. The fourth-order valence-electron chi connectivity index (χ4n) is 3.50. The molecule has 1 aromatic carbocycles. The van der Waals surface area contributed by atoms with Crippen molar-refractivity contribution in [3.8, 4) is 0 Å². The van der Waals surface area contributed by atoms with Crippen LogP contribution in [0.4, 0.5) is 18.9 Å². The lowest BCUT2D eigenvalue weighted by Crippen LogP contribution is -2.19. The maximum atomic E-state index is 13.4. The molecule has 0 aliphatic rings. The summed E-state index contributed by atoms with van der Waals surface area (Å²) in [7, 11) is -4.48. The number of sulfonamides is 1. The van der Waals surface area contributed by atoms with Crippen molar-refractivity contribution >= 4 is 44.1 Å². The molecule has 0 radical (unpaired) electrons. The van der Waals surface area contributed by atoms with Crippen LogP contribution in [0.25, 0.3) is 11.0 Å². The standard InChI is InChI=1S/C23H19ClF3N5O3S/c1-3-35-31-20(16-6-8-28-22-17(16)7-9-29-22)21-19(10-14(24)12-30-21)32-36(33,34)15-5-4-13(2)18(11-15)23(25,26)27/h4-12,32H,3H2,1-2H3,(H,28,29)/b31-20+. The van der Waals surface area contributed by atoms with E-state index >= 15 is 0 Å². The van der Waals surface area contributed by atoms with Gasteiger partial charge in [-0.2, -0.15) is 13.2 Å². The van der Waals surface area contributed by atoms with Crippen molar-refractivity contribution < 1.29 is 26.4 Å². The molecule has 0 saturated heterocycles. The molecule has 3 aromatic heterocycles. The molecule has 188 valence electrons. The van der Waals surface area contributed by atoms with Crippen molar-refractivity contribution in [1.82, 2.24) is 15.0 Å². The third kappa shape index (κ3) is 5.14. The quantitative estimate of drug-likeness (QED) is 0.238. The van der Waals surface area contributed by atoms with E-state index in [-0.39, 0.29) is 34.3 Å². The molecule has 2 N–H and O–H groups in total. The van der Waals surface area contributed by atoms with Gasteiger partial charge in [0.15, 0.2) is 0 Å². The summed E-state index contributed by atoms with van der Waals surface area (Å²) in [6.07, 6.45) is -0.230. The van der Waals surface area contributed by atoms with Gasteiger partial charge in [0.05, 0.1) is 21.2 Å². The van der Waals surface area contributed by atoms with Crippen LogP contribution in [0.2, 0.25) is 5.02 Å². The van der Waals surface area contributed by atoms with Crippen LogP contribution < -0.4 is 4.72 Å². The van der Waals surface area contributed by atoms with Crippen molar-refractivity contribution in [3.63, 3.8) is 0 Å². The minimum atomic E-state index is -4.72. The van der Waals surface area contributed by atoms with Crippen LogP contribution in [0.5, 0.6) is 0 Å². The van der Waals surface area contributed by atoms with Gasteiger partial charge in [-0.25, -0.2) is 13.4 Å². The number of benzene rings is 1. The van der Waals surface area contributed by atoms with Crippen molar-refractivity contribution in [1.29, 1.82) is 0 Å². The van der Waals surface area contributed by atoms with Crippen molar-refractivity contribution in [2.24, 2.45) is 5.16 Å². The lowest BCUT2D eigenvalue weighted by atomic mass is 10.0. The second-order valence-electron chi connectivity index (χ2n) is 7.59. The number of aryl methyl sites for hydroxylation is 1. The number of hydrogen-bond donors (Lipinski definition) is 2. The third-order valence-electron chi connectivity index (χ3n) is 5.15. The number of aromatic amines is 1. The second-order valence-corrected chi connectivity index (χ2v) is 9.70. The van der Waals surface area contributed by atoms with Gasteiger partial charge in [0, 0.05) is 29.5 Å². The van der Waals surface area contributed by atoms with Crippen LogP contribution in [-0.4, -0.2) is 35.7 Å². The highest BCUT2D eigenvalue weighted by Crippen LogP contribution is 2.34. The summed E-state index contributed by atoms with van der Waals surface area (Å²) in [5.74, 6) is 0. The Morgan fingerprint density at radius 1 is 1.19 bits per heavy atom. The molecule has 3 heterocycles. The van der Waals surface area contributed by atoms with Crippen LogP contribution >= 0.6 is 11.6 Å². The van der Waals surface area contributed by atoms with Crippen LogP contribution in [-0.2, 0) is 21.0 Å². The number of alkyl halides is 3. The molecule has 4 aromatic rings. The molecule has 36 heavy (non-hydrogen) atoms. The predicted molar refractivity (Wildman–Crippen MR) is 130 cm³/mol. The normalized spacial score (nSPS) is 12.7. The Morgan fingerprint density at radius 2 is 1.97 bits per heavy atom. The number of halogens is 4. The van der Waals surface area contributed by atoms with E-state index in [0.29, 0.717) is 22.7 Å². The Kier molecular flexibility index (Phi) is 6.92. The van der Waals surface area contributed by atoms with Gasteiger partial charge in [-0.3, -0.25) is 9.71 Å². The van der Waals surface area contributed by atoms with E-state index in [1.807, 2.05) is 0 Å². The van der Waals surface area contributed by atoms with Gasteiger partial charge in [0.1, 0.15) is 23.7 Å². The number of oxime groups is 1. The number of nitrogens with one attached hydrogen (secondary N) is 2. The fourth-order valence-corrected chi connectivity index (χ4v) is 4.74. The van der Waals surface area contributed by atoms with Crippen LogP contribution in [0.3, 0.4) is 0 Å². The number of aromatic nitrogens is 3. The lowest BCUT2D eigenvalue weighted by molar-refractivity contribution is -0.138. The molecular formula is C23H19ClF3N5O3S. The van der Waals surface area contributed by atoms with Gasteiger partial charge < -0.3 is 9.82 Å². The van der Waals surface area contributed by atoms with Gasteiger partial charge in [0.2, 0.25) is 0 Å². The maximum absolute atomic E-state index is 13.4. The number of hydrogen-bond acceptors (Lipinski definition) is 6. The smallest absolute Gasteiger partial charge is 0.396 e. The first kappa shape index (κ1) is 25.5. The van der Waals surface area contributed by atoms with E-state index in [0.717, 1.165) is 12.1 Å². The van der Waals surface area contributed by atoms with Gasteiger partial charge in [-0.15, -0.1) is 0 Å². The van der Waals surface area contributed by atoms with Gasteiger partial charge in [0.25, 0.3) is 10.0 Å². The molecule has 0 aliphatic heterocycles. The van der Waals surface area contributed by atoms with E-state index in [4.69, 9.17) is 16.4 Å². The zero-order valence-electron chi connectivity index (χ0n) is 18.9. The number of pyridine rings is 2. The lowest BCUT2D eigenvalue weighted by Gasteiger charge is -2.16. The number of H-pyrrole nitrogens is 1. The van der Waals surface area contributed by atoms with Gasteiger partial charge in [-0.05, 0) is 49.7 Å². The van der Waals surface area contributed by atoms with Crippen LogP contribution in [0.1, 0.15) is 29.3 Å². The molecular weight excluding hydrogens is 519 g/mol. The first-order valence-electron chi connectivity index (χ1n) is 10.5. The minimum Gasteiger partial charge on any atom is -0.396 e. The summed E-state index contributed by atoms with van der Waals surface area (Å²) in [6, 6.07) is 7.46. The highest BCUT2D eigenvalue weighted by atomic mass is 35.5. The molecule has 0 unspecified atom stereocenters. The first-order chi connectivity index (χ1) is 17.0. The minimum absolute atomic E-state index is 0.0493. The van der Waals surface area contributed by atoms with Gasteiger partial charge >= 0.3 is 6.18 Å². The Hall–Kier alpha value is -3.64. The molecule has 13 heteroatoms. The maximum Gasteiger partial charge on any atom is 0.416 e.